The second-order valence-corrected chi connectivity index (χ2v) is 10.9. The van der Waals surface area contributed by atoms with Crippen LogP contribution in [-0.2, 0) is 22.5 Å². The molecule has 0 bridgehead atoms. The van der Waals surface area contributed by atoms with Crippen molar-refractivity contribution in [1.29, 1.82) is 0 Å². The molecule has 4 nitrogen and oxygen atoms in total. The van der Waals surface area contributed by atoms with Crippen LogP contribution in [0, 0.1) is 5.92 Å². The van der Waals surface area contributed by atoms with E-state index in [1.165, 1.54) is 49.7 Å². The van der Waals surface area contributed by atoms with Crippen molar-refractivity contribution in [1.82, 2.24) is 0 Å². The average Bonchev–Trinajstić information content (AvgIpc) is 2.87. The molecule has 0 aliphatic carbocycles. The molecule has 0 spiro atoms. The second kappa shape index (κ2) is 17.2. The van der Waals surface area contributed by atoms with Gasteiger partial charge in [0.25, 0.3) is 0 Å². The van der Waals surface area contributed by atoms with Crippen molar-refractivity contribution < 1.29 is 18.8 Å². The minimum absolute atomic E-state index is 0.0798. The fourth-order valence-corrected chi connectivity index (χ4v) is 4.43. The zero-order valence-electron chi connectivity index (χ0n) is 23.3. The summed E-state index contributed by atoms with van der Waals surface area (Å²) in [5.74, 6) is 0.780. The average molecular weight is 497 g/mol. The molecule has 4 heteroatoms. The van der Waals surface area contributed by atoms with E-state index < -0.39 is 0 Å². The van der Waals surface area contributed by atoms with Gasteiger partial charge in [-0.3, -0.25) is 4.79 Å². The summed E-state index contributed by atoms with van der Waals surface area (Å²) in [6.45, 7) is 7.26. The molecule has 0 radical (unpaired) electrons. The molecule has 2 aromatic rings. The zero-order chi connectivity index (χ0) is 26.1. The van der Waals surface area contributed by atoms with Crippen LogP contribution in [0.3, 0.4) is 0 Å². The van der Waals surface area contributed by atoms with Gasteiger partial charge in [0.1, 0.15) is 12.3 Å². The van der Waals surface area contributed by atoms with E-state index >= 15 is 0 Å². The lowest BCUT2D eigenvalue weighted by atomic mass is 10.0. The van der Waals surface area contributed by atoms with Gasteiger partial charge in [0.15, 0.2) is 0 Å². The molecule has 0 fully saturated rings. The van der Waals surface area contributed by atoms with Crippen LogP contribution in [0.1, 0.15) is 82.8 Å². The Balaban J connectivity index is 1.55. The van der Waals surface area contributed by atoms with E-state index in [-0.39, 0.29) is 11.9 Å². The number of hydrogen-bond donors (Lipinski definition) is 0. The van der Waals surface area contributed by atoms with E-state index in [0.717, 1.165) is 49.0 Å². The van der Waals surface area contributed by atoms with Crippen molar-refractivity contribution in [2.45, 2.75) is 84.6 Å². The molecular formula is C32H50NO3+. The SMILES string of the molecule is CCCCCCCCc1cccc(OCCCCOC(=O)C(C)CC[N+](C)(C)Cc2ccccc2)c1. The summed E-state index contributed by atoms with van der Waals surface area (Å²) in [6, 6.07) is 19.0. The fraction of sp³-hybridized carbons (Fsp3) is 0.594. The van der Waals surface area contributed by atoms with Gasteiger partial charge in [-0.2, -0.15) is 0 Å². The third-order valence-corrected chi connectivity index (χ3v) is 6.79. The lowest BCUT2D eigenvalue weighted by Crippen LogP contribution is -2.40. The molecule has 0 saturated heterocycles. The van der Waals surface area contributed by atoms with Crippen molar-refractivity contribution in [3.63, 3.8) is 0 Å². The molecule has 0 N–H and O–H groups in total. The molecule has 0 aliphatic rings. The standard InChI is InChI=1S/C32H50NO3/c1-5-6-7-8-9-11-17-29-20-16-21-31(26-29)35-24-14-15-25-36-32(34)28(2)22-23-33(3,4)27-30-18-12-10-13-19-30/h10,12-13,16,18-21,26,28H,5-9,11,14-15,17,22-25,27H2,1-4H3/q+1. The Morgan fingerprint density at radius 2 is 1.53 bits per heavy atom. The Kier molecular flexibility index (Phi) is 14.3. The normalized spacial score (nSPS) is 12.3. The molecule has 0 aromatic heterocycles. The van der Waals surface area contributed by atoms with Gasteiger partial charge in [0, 0.05) is 12.0 Å². The molecule has 200 valence electrons. The van der Waals surface area contributed by atoms with Gasteiger partial charge in [-0.25, -0.2) is 0 Å². The van der Waals surface area contributed by atoms with Gasteiger partial charge in [0.2, 0.25) is 0 Å². The summed E-state index contributed by atoms with van der Waals surface area (Å²) >= 11 is 0. The predicted molar refractivity (Wildman–Crippen MR) is 150 cm³/mol. The minimum Gasteiger partial charge on any atom is -0.494 e. The smallest absolute Gasteiger partial charge is 0.308 e. The quantitative estimate of drug-likeness (QED) is 0.114. The summed E-state index contributed by atoms with van der Waals surface area (Å²) in [6.07, 6.45) is 11.6. The number of esters is 1. The van der Waals surface area contributed by atoms with E-state index in [2.05, 4.69) is 63.5 Å². The zero-order valence-corrected chi connectivity index (χ0v) is 23.3. The number of rotatable bonds is 19. The molecule has 1 atom stereocenters. The summed E-state index contributed by atoms with van der Waals surface area (Å²) in [7, 11) is 4.44. The topological polar surface area (TPSA) is 35.5 Å². The highest BCUT2D eigenvalue weighted by Gasteiger charge is 2.21. The first kappa shape index (κ1) is 29.9. The van der Waals surface area contributed by atoms with Crippen molar-refractivity contribution >= 4 is 5.97 Å². The van der Waals surface area contributed by atoms with Crippen molar-refractivity contribution in [2.24, 2.45) is 5.92 Å². The minimum atomic E-state index is -0.0852. The van der Waals surface area contributed by atoms with Gasteiger partial charge in [-0.05, 0) is 43.4 Å². The lowest BCUT2D eigenvalue weighted by molar-refractivity contribution is -0.904. The third kappa shape index (κ3) is 13.1. The van der Waals surface area contributed by atoms with Crippen molar-refractivity contribution in [2.75, 3.05) is 33.9 Å². The van der Waals surface area contributed by atoms with Crippen LogP contribution in [0.15, 0.2) is 54.6 Å². The number of carbonyl (C=O) groups excluding carboxylic acids is 1. The number of carbonyl (C=O) groups is 1. The Hall–Kier alpha value is -2.33. The first-order chi connectivity index (χ1) is 17.4. The Labute approximate surface area is 220 Å². The van der Waals surface area contributed by atoms with Crippen LogP contribution in [0.4, 0.5) is 0 Å². The van der Waals surface area contributed by atoms with Crippen LogP contribution in [0.5, 0.6) is 5.75 Å². The van der Waals surface area contributed by atoms with Crippen molar-refractivity contribution in [3.05, 3.63) is 65.7 Å². The number of benzene rings is 2. The molecular weight excluding hydrogens is 446 g/mol. The maximum absolute atomic E-state index is 12.4. The van der Waals surface area contributed by atoms with Crippen LogP contribution in [0.25, 0.3) is 0 Å². The van der Waals surface area contributed by atoms with Crippen LogP contribution in [0.2, 0.25) is 0 Å². The second-order valence-electron chi connectivity index (χ2n) is 10.9. The number of ether oxygens (including phenoxy) is 2. The van der Waals surface area contributed by atoms with Gasteiger partial charge >= 0.3 is 5.97 Å². The van der Waals surface area contributed by atoms with Gasteiger partial charge < -0.3 is 14.0 Å². The van der Waals surface area contributed by atoms with Crippen LogP contribution < -0.4 is 4.74 Å². The van der Waals surface area contributed by atoms with Gasteiger partial charge in [-0.1, -0.05) is 88.4 Å². The summed E-state index contributed by atoms with van der Waals surface area (Å²) in [4.78, 5) is 12.4. The number of nitrogens with zero attached hydrogens (tertiary/aromatic N) is 1. The predicted octanol–water partition coefficient (Wildman–Crippen LogP) is 7.59. The van der Waals surface area contributed by atoms with E-state index in [9.17, 15) is 4.79 Å². The molecule has 2 rings (SSSR count). The molecule has 0 amide bonds. The van der Waals surface area contributed by atoms with Gasteiger partial charge in [0.05, 0.1) is 39.8 Å². The van der Waals surface area contributed by atoms with E-state index in [1.54, 1.807) is 0 Å². The number of quaternary nitrogens is 1. The van der Waals surface area contributed by atoms with E-state index in [1.807, 2.05) is 19.1 Å². The van der Waals surface area contributed by atoms with E-state index in [4.69, 9.17) is 9.47 Å². The largest absolute Gasteiger partial charge is 0.494 e. The molecule has 0 heterocycles. The maximum atomic E-state index is 12.4. The van der Waals surface area contributed by atoms with Gasteiger partial charge in [-0.15, -0.1) is 0 Å². The Morgan fingerprint density at radius 1 is 0.833 bits per heavy atom. The highest BCUT2D eigenvalue weighted by molar-refractivity contribution is 5.71. The van der Waals surface area contributed by atoms with Crippen LogP contribution >= 0.6 is 0 Å². The Morgan fingerprint density at radius 3 is 2.31 bits per heavy atom. The first-order valence-electron chi connectivity index (χ1n) is 14.1. The fourth-order valence-electron chi connectivity index (χ4n) is 4.43. The van der Waals surface area contributed by atoms with Crippen molar-refractivity contribution in [3.8, 4) is 5.75 Å². The number of hydrogen-bond acceptors (Lipinski definition) is 3. The summed E-state index contributed by atoms with van der Waals surface area (Å²) < 4.78 is 12.3. The monoisotopic (exact) mass is 496 g/mol. The molecule has 36 heavy (non-hydrogen) atoms. The summed E-state index contributed by atoms with van der Waals surface area (Å²) in [5, 5.41) is 0. The highest BCUT2D eigenvalue weighted by atomic mass is 16.5. The number of unbranched alkanes of at least 4 members (excludes halogenated alkanes) is 6. The summed E-state index contributed by atoms with van der Waals surface area (Å²) in [5.41, 5.74) is 2.68. The molecule has 2 aromatic carbocycles. The maximum Gasteiger partial charge on any atom is 0.308 e. The Bertz CT molecular complexity index is 849. The first-order valence-corrected chi connectivity index (χ1v) is 14.1. The highest BCUT2D eigenvalue weighted by Crippen LogP contribution is 2.17. The molecule has 0 aliphatic heterocycles. The van der Waals surface area contributed by atoms with Crippen LogP contribution in [-0.4, -0.2) is 44.3 Å². The number of aryl methyl sites for hydroxylation is 1. The molecule has 0 saturated carbocycles. The third-order valence-electron chi connectivity index (χ3n) is 6.79. The lowest BCUT2D eigenvalue weighted by Gasteiger charge is -2.30. The molecule has 1 unspecified atom stereocenters. The van der Waals surface area contributed by atoms with E-state index in [0.29, 0.717) is 13.2 Å².